The van der Waals surface area contributed by atoms with Crippen LogP contribution in [0.3, 0.4) is 0 Å². The summed E-state index contributed by atoms with van der Waals surface area (Å²) >= 11 is 0. The molecule has 1 amide bonds. The molecular formula is C14H19ClF2N2O2. The zero-order valence-corrected chi connectivity index (χ0v) is 12.5. The number of rotatable bonds is 3. The van der Waals surface area contributed by atoms with Gasteiger partial charge in [-0.3, -0.25) is 4.79 Å². The first-order chi connectivity index (χ1) is 9.47. The van der Waals surface area contributed by atoms with Crippen LogP contribution in [-0.2, 0) is 4.79 Å². The van der Waals surface area contributed by atoms with Crippen molar-refractivity contribution in [3.63, 3.8) is 0 Å². The van der Waals surface area contributed by atoms with Gasteiger partial charge in [-0.15, -0.1) is 12.4 Å². The van der Waals surface area contributed by atoms with Crippen LogP contribution in [0.4, 0.5) is 8.78 Å². The summed E-state index contributed by atoms with van der Waals surface area (Å²) in [5, 5.41) is 0. The van der Waals surface area contributed by atoms with Crippen LogP contribution in [0.25, 0.3) is 0 Å². The van der Waals surface area contributed by atoms with Crippen LogP contribution in [0.15, 0.2) is 18.2 Å². The Labute approximate surface area is 128 Å². The van der Waals surface area contributed by atoms with Gasteiger partial charge in [0, 0.05) is 32.0 Å². The van der Waals surface area contributed by atoms with E-state index in [0.717, 1.165) is 12.1 Å². The second-order valence-corrected chi connectivity index (χ2v) is 5.01. The smallest absolute Gasteiger partial charge is 0.239 e. The van der Waals surface area contributed by atoms with E-state index >= 15 is 0 Å². The molecule has 0 bridgehead atoms. The van der Waals surface area contributed by atoms with Gasteiger partial charge in [-0.05, 0) is 19.1 Å². The van der Waals surface area contributed by atoms with Crippen molar-refractivity contribution >= 4 is 18.3 Å². The van der Waals surface area contributed by atoms with Gasteiger partial charge in [0.1, 0.15) is 11.9 Å². The number of likely N-dealkylation sites (tertiary alicyclic amines) is 1. The third-order valence-corrected chi connectivity index (χ3v) is 3.33. The minimum absolute atomic E-state index is 0. The van der Waals surface area contributed by atoms with Gasteiger partial charge in [0.2, 0.25) is 5.91 Å². The molecule has 1 aliphatic heterocycles. The predicted molar refractivity (Wildman–Crippen MR) is 77.5 cm³/mol. The number of carbonyl (C=O) groups excluding carboxylic acids is 1. The summed E-state index contributed by atoms with van der Waals surface area (Å²) in [7, 11) is 0. The molecule has 1 aromatic carbocycles. The number of halogens is 3. The first-order valence-electron chi connectivity index (χ1n) is 6.63. The highest BCUT2D eigenvalue weighted by atomic mass is 35.5. The molecule has 1 aromatic rings. The molecule has 7 heteroatoms. The molecular weight excluding hydrogens is 302 g/mol. The standard InChI is InChI=1S/C14H18F2N2O2.ClH/c1-9(17)14(19)18-6-4-11(5-7-18)20-13-3-2-10(15)8-12(13)16;/h2-3,8-9,11H,4-7,17H2,1H3;1H/t9-;/m0./s1. The zero-order chi connectivity index (χ0) is 14.7. The van der Waals surface area contributed by atoms with Crippen LogP contribution >= 0.6 is 12.4 Å². The summed E-state index contributed by atoms with van der Waals surface area (Å²) < 4.78 is 31.8. The number of piperidine rings is 1. The fourth-order valence-electron chi connectivity index (χ4n) is 2.23. The van der Waals surface area contributed by atoms with Crippen LogP contribution in [0.1, 0.15) is 19.8 Å². The average Bonchev–Trinajstić information content (AvgIpc) is 2.42. The molecule has 1 aliphatic rings. The maximum Gasteiger partial charge on any atom is 0.239 e. The largest absolute Gasteiger partial charge is 0.487 e. The quantitative estimate of drug-likeness (QED) is 0.928. The summed E-state index contributed by atoms with van der Waals surface area (Å²) in [5.41, 5.74) is 5.55. The highest BCUT2D eigenvalue weighted by Gasteiger charge is 2.25. The summed E-state index contributed by atoms with van der Waals surface area (Å²) in [6.07, 6.45) is 1.04. The van der Waals surface area contributed by atoms with E-state index in [4.69, 9.17) is 10.5 Å². The fraction of sp³-hybridized carbons (Fsp3) is 0.500. The number of hydrogen-bond acceptors (Lipinski definition) is 3. The van der Waals surface area contributed by atoms with E-state index in [1.165, 1.54) is 6.07 Å². The van der Waals surface area contributed by atoms with Gasteiger partial charge in [-0.25, -0.2) is 8.78 Å². The maximum atomic E-state index is 13.5. The molecule has 21 heavy (non-hydrogen) atoms. The Kier molecular flexibility index (Phi) is 6.36. The Morgan fingerprint density at radius 2 is 2.00 bits per heavy atom. The van der Waals surface area contributed by atoms with E-state index in [2.05, 4.69) is 0 Å². The Balaban J connectivity index is 0.00000220. The molecule has 0 aromatic heterocycles. The minimum Gasteiger partial charge on any atom is -0.487 e. The summed E-state index contributed by atoms with van der Waals surface area (Å²) in [5.74, 6) is -1.38. The second-order valence-electron chi connectivity index (χ2n) is 5.01. The molecule has 0 spiro atoms. The third kappa shape index (κ3) is 4.54. The van der Waals surface area contributed by atoms with Crippen molar-refractivity contribution in [2.45, 2.75) is 31.9 Å². The topological polar surface area (TPSA) is 55.6 Å². The van der Waals surface area contributed by atoms with E-state index in [9.17, 15) is 13.6 Å². The van der Waals surface area contributed by atoms with Gasteiger partial charge >= 0.3 is 0 Å². The highest BCUT2D eigenvalue weighted by Crippen LogP contribution is 2.23. The van der Waals surface area contributed by atoms with E-state index in [1.807, 2.05) is 0 Å². The number of nitrogens with zero attached hydrogens (tertiary/aromatic N) is 1. The number of amides is 1. The number of benzene rings is 1. The lowest BCUT2D eigenvalue weighted by Gasteiger charge is -2.33. The van der Waals surface area contributed by atoms with Crippen molar-refractivity contribution in [2.75, 3.05) is 13.1 Å². The van der Waals surface area contributed by atoms with Gasteiger partial charge in [-0.2, -0.15) is 0 Å². The zero-order valence-electron chi connectivity index (χ0n) is 11.7. The SMILES string of the molecule is C[C@H](N)C(=O)N1CCC(Oc2ccc(F)cc2F)CC1.Cl. The Morgan fingerprint density at radius 3 is 2.52 bits per heavy atom. The van der Waals surface area contributed by atoms with Gasteiger partial charge in [0.05, 0.1) is 6.04 Å². The van der Waals surface area contributed by atoms with Crippen LogP contribution < -0.4 is 10.5 Å². The lowest BCUT2D eigenvalue weighted by atomic mass is 10.1. The van der Waals surface area contributed by atoms with E-state index in [0.29, 0.717) is 25.9 Å². The molecule has 1 fully saturated rings. The van der Waals surface area contributed by atoms with Crippen LogP contribution in [0.2, 0.25) is 0 Å². The maximum absolute atomic E-state index is 13.5. The summed E-state index contributed by atoms with van der Waals surface area (Å²) in [6.45, 7) is 2.72. The molecule has 118 valence electrons. The van der Waals surface area contributed by atoms with Crippen molar-refractivity contribution in [1.82, 2.24) is 4.90 Å². The van der Waals surface area contributed by atoms with Gasteiger partial charge in [-0.1, -0.05) is 0 Å². The number of nitrogens with two attached hydrogens (primary N) is 1. The Bertz CT molecular complexity index is 492. The van der Waals surface area contributed by atoms with E-state index < -0.39 is 17.7 Å². The summed E-state index contributed by atoms with van der Waals surface area (Å²) in [4.78, 5) is 13.4. The first-order valence-corrected chi connectivity index (χ1v) is 6.63. The van der Waals surface area contributed by atoms with Gasteiger partial charge in [0.25, 0.3) is 0 Å². The predicted octanol–water partition coefficient (Wildman–Crippen LogP) is 2.10. The van der Waals surface area contributed by atoms with Crippen molar-refractivity contribution in [2.24, 2.45) is 5.73 Å². The van der Waals surface area contributed by atoms with Crippen molar-refractivity contribution < 1.29 is 18.3 Å². The molecule has 0 unspecified atom stereocenters. The molecule has 0 radical (unpaired) electrons. The molecule has 4 nitrogen and oxygen atoms in total. The second kappa shape index (κ2) is 7.56. The third-order valence-electron chi connectivity index (χ3n) is 3.33. The van der Waals surface area contributed by atoms with Gasteiger partial charge < -0.3 is 15.4 Å². The molecule has 2 N–H and O–H groups in total. The van der Waals surface area contributed by atoms with Crippen LogP contribution in [0.5, 0.6) is 5.75 Å². The molecule has 0 saturated carbocycles. The average molecular weight is 321 g/mol. The van der Waals surface area contributed by atoms with Crippen LogP contribution in [0, 0.1) is 11.6 Å². The van der Waals surface area contributed by atoms with E-state index in [-0.39, 0.29) is 30.2 Å². The monoisotopic (exact) mass is 320 g/mol. The van der Waals surface area contributed by atoms with Crippen molar-refractivity contribution in [3.8, 4) is 5.75 Å². The Morgan fingerprint density at radius 1 is 1.38 bits per heavy atom. The van der Waals surface area contributed by atoms with Crippen LogP contribution in [-0.4, -0.2) is 36.0 Å². The molecule has 0 aliphatic carbocycles. The first kappa shape index (κ1) is 17.7. The molecule has 2 rings (SSSR count). The number of hydrogen-bond donors (Lipinski definition) is 1. The Hall–Kier alpha value is -1.40. The van der Waals surface area contributed by atoms with Crippen molar-refractivity contribution in [3.05, 3.63) is 29.8 Å². The molecule has 1 saturated heterocycles. The lowest BCUT2D eigenvalue weighted by Crippen LogP contribution is -2.47. The fourth-order valence-corrected chi connectivity index (χ4v) is 2.23. The lowest BCUT2D eigenvalue weighted by molar-refractivity contribution is -0.134. The number of carbonyl (C=O) groups is 1. The molecule has 1 heterocycles. The van der Waals surface area contributed by atoms with Gasteiger partial charge in [0.15, 0.2) is 11.6 Å². The highest BCUT2D eigenvalue weighted by molar-refractivity contribution is 5.85. The van der Waals surface area contributed by atoms with Crippen molar-refractivity contribution in [1.29, 1.82) is 0 Å². The molecule has 1 atom stereocenters. The normalized spacial score (nSPS) is 17.0. The summed E-state index contributed by atoms with van der Waals surface area (Å²) in [6, 6.07) is 2.73. The van der Waals surface area contributed by atoms with E-state index in [1.54, 1.807) is 11.8 Å². The minimum atomic E-state index is -0.709. The number of ether oxygens (including phenoxy) is 1.